The lowest BCUT2D eigenvalue weighted by Gasteiger charge is -2.34. The van der Waals surface area contributed by atoms with Gasteiger partial charge in [0, 0.05) is 18.7 Å². The van der Waals surface area contributed by atoms with Crippen molar-refractivity contribution in [3.8, 4) is 0 Å². The number of amidine groups is 1. The first-order chi connectivity index (χ1) is 7.84. The van der Waals surface area contributed by atoms with Gasteiger partial charge >= 0.3 is 6.18 Å². The molecule has 2 aliphatic heterocycles. The lowest BCUT2D eigenvalue weighted by atomic mass is 9.89. The molecule has 2 heterocycles. The van der Waals surface area contributed by atoms with Gasteiger partial charge in [-0.15, -0.1) is 0 Å². The van der Waals surface area contributed by atoms with E-state index >= 15 is 0 Å². The maximum Gasteiger partial charge on any atom is 0.449 e. The lowest BCUT2D eigenvalue weighted by molar-refractivity contribution is -0.0624. The van der Waals surface area contributed by atoms with Gasteiger partial charge in [-0.1, -0.05) is 0 Å². The van der Waals surface area contributed by atoms with Crippen LogP contribution in [0.25, 0.3) is 0 Å². The summed E-state index contributed by atoms with van der Waals surface area (Å²) in [7, 11) is 0. The van der Waals surface area contributed by atoms with Crippen LogP contribution in [0.1, 0.15) is 6.42 Å². The van der Waals surface area contributed by atoms with Crippen molar-refractivity contribution >= 4 is 5.84 Å². The molecule has 8 heteroatoms. The van der Waals surface area contributed by atoms with E-state index in [9.17, 15) is 13.2 Å². The van der Waals surface area contributed by atoms with Crippen LogP contribution >= 0.6 is 0 Å². The van der Waals surface area contributed by atoms with Crippen LogP contribution in [0.2, 0.25) is 0 Å². The molecule has 0 amide bonds. The Morgan fingerprint density at radius 1 is 1.53 bits per heavy atom. The number of hydrogen-bond acceptors (Lipinski definition) is 5. The minimum atomic E-state index is -4.57. The topological polar surface area (TPSA) is 85.7 Å². The summed E-state index contributed by atoms with van der Waals surface area (Å²) in [5.74, 6) is -1.46. The number of nitrogens with one attached hydrogen (secondary N) is 1. The third kappa shape index (κ3) is 2.09. The van der Waals surface area contributed by atoms with Gasteiger partial charge in [0.15, 0.2) is 5.66 Å². The molecule has 0 bridgehead atoms. The largest absolute Gasteiger partial charge is 0.449 e. The molecule has 2 rings (SSSR count). The minimum absolute atomic E-state index is 0.0843. The molecule has 1 unspecified atom stereocenters. The summed E-state index contributed by atoms with van der Waals surface area (Å²) in [4.78, 5) is 3.53. The van der Waals surface area contributed by atoms with E-state index in [4.69, 9.17) is 16.2 Å². The van der Waals surface area contributed by atoms with E-state index in [1.807, 2.05) is 5.32 Å². The molecule has 0 aromatic carbocycles. The first kappa shape index (κ1) is 12.2. The highest BCUT2D eigenvalue weighted by molar-refractivity contribution is 5.89. The number of aliphatic imine (C=N–C) groups is 1. The van der Waals surface area contributed by atoms with Crippen molar-refractivity contribution in [2.75, 3.05) is 13.2 Å². The Labute approximate surface area is 95.7 Å². The monoisotopic (exact) mass is 250 g/mol. The van der Waals surface area contributed by atoms with Crippen molar-refractivity contribution in [2.45, 2.75) is 18.3 Å². The smallest absolute Gasteiger partial charge is 0.398 e. The Kier molecular flexibility index (Phi) is 2.78. The Hall–Kier alpha value is -1.28. The first-order valence-electron chi connectivity index (χ1n) is 5.10. The van der Waals surface area contributed by atoms with Crippen LogP contribution < -0.4 is 16.8 Å². The molecule has 96 valence electrons. The maximum atomic E-state index is 12.5. The Morgan fingerprint density at radius 3 is 2.76 bits per heavy atom. The van der Waals surface area contributed by atoms with Crippen LogP contribution in [0.15, 0.2) is 16.9 Å². The average Bonchev–Trinajstić information content (AvgIpc) is 2.74. The molecule has 2 atom stereocenters. The molecule has 0 saturated carbocycles. The van der Waals surface area contributed by atoms with E-state index in [2.05, 4.69) is 4.99 Å². The predicted molar refractivity (Wildman–Crippen MR) is 54.7 cm³/mol. The molecule has 0 aromatic heterocycles. The maximum absolute atomic E-state index is 12.5. The molecule has 2 aliphatic rings. The molecule has 0 aromatic rings. The number of nitrogens with two attached hydrogens (primary N) is 2. The molecule has 1 saturated heterocycles. The first-order valence-corrected chi connectivity index (χ1v) is 5.10. The Bertz CT molecular complexity index is 373. The SMILES string of the molecule is NC1=CNC(C(F)(F)F)=N[C@]1(N)C1CCOC1. The zero-order valence-electron chi connectivity index (χ0n) is 8.92. The van der Waals surface area contributed by atoms with Crippen LogP contribution in [0.5, 0.6) is 0 Å². The molecule has 17 heavy (non-hydrogen) atoms. The van der Waals surface area contributed by atoms with Crippen LogP contribution in [-0.4, -0.2) is 30.9 Å². The van der Waals surface area contributed by atoms with Gasteiger partial charge in [-0.3, -0.25) is 0 Å². The summed E-state index contributed by atoms with van der Waals surface area (Å²) in [6.07, 6.45) is -2.98. The molecular formula is C9H13F3N4O. The van der Waals surface area contributed by atoms with E-state index in [1.54, 1.807) is 0 Å². The van der Waals surface area contributed by atoms with E-state index in [0.717, 1.165) is 6.20 Å². The summed E-state index contributed by atoms with van der Waals surface area (Å²) < 4.78 is 42.8. The third-order valence-electron chi connectivity index (χ3n) is 2.94. The van der Waals surface area contributed by atoms with Crippen molar-refractivity contribution in [3.05, 3.63) is 11.9 Å². The predicted octanol–water partition coefficient (Wildman–Crippen LogP) is 0.0420. The number of alkyl halides is 3. The second-order valence-corrected chi connectivity index (χ2v) is 4.09. The van der Waals surface area contributed by atoms with E-state index < -0.39 is 17.7 Å². The van der Waals surface area contributed by atoms with Crippen LogP contribution in [-0.2, 0) is 4.74 Å². The fourth-order valence-electron chi connectivity index (χ4n) is 1.90. The van der Waals surface area contributed by atoms with E-state index in [1.165, 1.54) is 0 Å². The molecule has 5 nitrogen and oxygen atoms in total. The van der Waals surface area contributed by atoms with Gasteiger partial charge in [0.2, 0.25) is 5.84 Å². The number of ether oxygens (including phenoxy) is 1. The van der Waals surface area contributed by atoms with Crippen molar-refractivity contribution in [3.63, 3.8) is 0 Å². The van der Waals surface area contributed by atoms with Gasteiger partial charge in [-0.2, -0.15) is 13.2 Å². The molecule has 0 spiro atoms. The quantitative estimate of drug-likeness (QED) is 0.613. The van der Waals surface area contributed by atoms with Crippen LogP contribution in [0.4, 0.5) is 13.2 Å². The highest BCUT2D eigenvalue weighted by Gasteiger charge is 2.46. The van der Waals surface area contributed by atoms with Gasteiger partial charge < -0.3 is 21.5 Å². The minimum Gasteiger partial charge on any atom is -0.398 e. The number of halogens is 3. The Balaban J connectivity index is 2.32. The molecule has 0 aliphatic carbocycles. The second kappa shape index (κ2) is 3.88. The van der Waals surface area contributed by atoms with Crippen molar-refractivity contribution < 1.29 is 17.9 Å². The summed E-state index contributed by atoms with van der Waals surface area (Å²) in [5, 5.41) is 2.00. The number of rotatable bonds is 1. The van der Waals surface area contributed by atoms with E-state index in [0.29, 0.717) is 13.0 Å². The van der Waals surface area contributed by atoms with Crippen molar-refractivity contribution in [2.24, 2.45) is 22.4 Å². The second-order valence-electron chi connectivity index (χ2n) is 4.09. The molecule has 1 fully saturated rings. The van der Waals surface area contributed by atoms with Crippen molar-refractivity contribution in [1.82, 2.24) is 5.32 Å². The summed E-state index contributed by atoms with van der Waals surface area (Å²) >= 11 is 0. The van der Waals surface area contributed by atoms with Gasteiger partial charge in [0.1, 0.15) is 0 Å². The standard InChI is InChI=1S/C9H13F3N4O/c10-9(11,12)7-15-3-6(13)8(14,16-7)5-1-2-17-4-5/h3,5H,1-2,4,13-14H2,(H,15,16)/t5?,8-/m1/s1. The molecule has 0 radical (unpaired) electrons. The fraction of sp³-hybridized carbons (Fsp3) is 0.667. The lowest BCUT2D eigenvalue weighted by Crippen LogP contribution is -2.56. The van der Waals surface area contributed by atoms with Gasteiger partial charge in [-0.05, 0) is 6.42 Å². The highest BCUT2D eigenvalue weighted by atomic mass is 19.4. The summed E-state index contributed by atoms with van der Waals surface area (Å²) in [6, 6.07) is 0. The van der Waals surface area contributed by atoms with Crippen LogP contribution in [0.3, 0.4) is 0 Å². The molecular weight excluding hydrogens is 237 g/mol. The third-order valence-corrected chi connectivity index (χ3v) is 2.94. The number of hydrogen-bond donors (Lipinski definition) is 3. The fourth-order valence-corrected chi connectivity index (χ4v) is 1.90. The number of nitrogens with zero attached hydrogens (tertiary/aromatic N) is 1. The summed E-state index contributed by atoms with van der Waals surface area (Å²) in [6.45, 7) is 0.723. The zero-order chi connectivity index (χ0) is 12.7. The van der Waals surface area contributed by atoms with Gasteiger partial charge in [-0.25, -0.2) is 4.99 Å². The zero-order valence-corrected chi connectivity index (χ0v) is 8.92. The summed E-state index contributed by atoms with van der Waals surface area (Å²) in [5.41, 5.74) is 10.1. The molecule has 5 N–H and O–H groups in total. The normalized spacial score (nSPS) is 34.0. The highest BCUT2D eigenvalue weighted by Crippen LogP contribution is 2.32. The van der Waals surface area contributed by atoms with Crippen molar-refractivity contribution in [1.29, 1.82) is 0 Å². The van der Waals surface area contributed by atoms with Crippen LogP contribution in [0, 0.1) is 5.92 Å². The van der Waals surface area contributed by atoms with E-state index in [-0.39, 0.29) is 18.2 Å². The Morgan fingerprint density at radius 2 is 2.24 bits per heavy atom. The van der Waals surface area contributed by atoms with Gasteiger partial charge in [0.25, 0.3) is 0 Å². The van der Waals surface area contributed by atoms with Gasteiger partial charge in [0.05, 0.1) is 12.3 Å². The average molecular weight is 250 g/mol.